The molecule has 1 aliphatic heterocycles. The van der Waals surface area contributed by atoms with Crippen molar-refractivity contribution in [2.24, 2.45) is 5.92 Å². The lowest BCUT2D eigenvalue weighted by molar-refractivity contribution is -0.136. The molecular formula is C12H19ClN4O5. The maximum absolute atomic E-state index is 12.0. The summed E-state index contributed by atoms with van der Waals surface area (Å²) in [6, 6.07) is 0. The summed E-state index contributed by atoms with van der Waals surface area (Å²) in [6.07, 6.45) is 0.705. The number of carboxylic acid groups (broad SMARTS) is 1. The predicted molar refractivity (Wildman–Crippen MR) is 76.2 cm³/mol. The average Bonchev–Trinajstić information content (AvgIpc) is 2.91. The van der Waals surface area contributed by atoms with Crippen molar-refractivity contribution in [2.75, 3.05) is 19.7 Å². The van der Waals surface area contributed by atoms with Crippen molar-refractivity contribution in [3.8, 4) is 0 Å². The van der Waals surface area contributed by atoms with Gasteiger partial charge in [0, 0.05) is 38.5 Å². The molecule has 0 radical (unpaired) electrons. The molecule has 1 amide bonds. The number of nitrogens with one attached hydrogen (secondary N) is 1. The summed E-state index contributed by atoms with van der Waals surface area (Å²) in [6.45, 7) is 0.555. The van der Waals surface area contributed by atoms with Gasteiger partial charge in [-0.05, 0) is 18.0 Å². The van der Waals surface area contributed by atoms with Gasteiger partial charge in [0.2, 0.25) is 11.2 Å². The molecule has 0 spiro atoms. The molecule has 4 N–H and O–H groups in total. The minimum absolute atomic E-state index is 0.0389. The number of nitrogens with zero attached hydrogens (tertiary/aromatic N) is 3. The number of aromatic nitrogens is 3. The highest BCUT2D eigenvalue weighted by atomic mass is 35.5. The first-order valence-electron chi connectivity index (χ1n) is 6.73. The van der Waals surface area contributed by atoms with Gasteiger partial charge < -0.3 is 20.2 Å². The number of aromatic amines is 1. The lowest BCUT2D eigenvalue weighted by atomic mass is 9.94. The molecule has 1 aromatic heterocycles. The first-order valence-corrected chi connectivity index (χ1v) is 7.11. The van der Waals surface area contributed by atoms with Gasteiger partial charge in [0.1, 0.15) is 5.82 Å². The minimum Gasteiger partial charge on any atom is -0.483 e. The van der Waals surface area contributed by atoms with Gasteiger partial charge in [0.05, 0.1) is 6.10 Å². The Hall–Kier alpha value is -1.71. The topological polar surface area (TPSA) is 140 Å². The summed E-state index contributed by atoms with van der Waals surface area (Å²) in [4.78, 5) is 25.9. The Morgan fingerprint density at radius 2 is 2.23 bits per heavy atom. The fraction of sp³-hybridized carbons (Fsp3) is 0.667. The molecule has 0 aliphatic carbocycles. The number of rotatable bonds is 4. The molecule has 0 aromatic carbocycles. The van der Waals surface area contributed by atoms with Crippen LogP contribution < -0.4 is 0 Å². The van der Waals surface area contributed by atoms with Crippen molar-refractivity contribution >= 4 is 24.0 Å². The fourth-order valence-corrected chi connectivity index (χ4v) is 2.33. The third-order valence-electron chi connectivity index (χ3n) is 3.39. The fourth-order valence-electron chi connectivity index (χ4n) is 2.19. The summed E-state index contributed by atoms with van der Waals surface area (Å²) >= 11 is 5.57. The van der Waals surface area contributed by atoms with Crippen LogP contribution >= 0.6 is 11.6 Å². The molecular weight excluding hydrogens is 316 g/mol. The van der Waals surface area contributed by atoms with E-state index in [-0.39, 0.29) is 36.7 Å². The van der Waals surface area contributed by atoms with Crippen LogP contribution in [-0.2, 0) is 16.0 Å². The van der Waals surface area contributed by atoms with Gasteiger partial charge in [-0.25, -0.2) is 4.98 Å². The van der Waals surface area contributed by atoms with Crippen molar-refractivity contribution in [1.29, 1.82) is 0 Å². The van der Waals surface area contributed by atoms with Crippen molar-refractivity contribution in [3.63, 3.8) is 0 Å². The van der Waals surface area contributed by atoms with Gasteiger partial charge in [-0.15, -0.1) is 5.10 Å². The average molecular weight is 335 g/mol. The predicted octanol–water partition coefficient (Wildman–Crippen LogP) is -0.707. The van der Waals surface area contributed by atoms with Crippen LogP contribution in [0.3, 0.4) is 0 Å². The number of aliphatic hydroxyl groups is 2. The number of aliphatic hydroxyl groups excluding tert-OH is 2. The maximum Gasteiger partial charge on any atom is 0.290 e. The first kappa shape index (κ1) is 18.3. The number of hydrogen-bond acceptors (Lipinski definition) is 6. The largest absolute Gasteiger partial charge is 0.483 e. The molecule has 9 nitrogen and oxygen atoms in total. The van der Waals surface area contributed by atoms with E-state index in [9.17, 15) is 9.90 Å². The van der Waals surface area contributed by atoms with Crippen molar-refractivity contribution in [1.82, 2.24) is 20.1 Å². The van der Waals surface area contributed by atoms with E-state index in [0.29, 0.717) is 31.6 Å². The molecule has 1 aromatic rings. The highest BCUT2D eigenvalue weighted by Crippen LogP contribution is 2.18. The van der Waals surface area contributed by atoms with Crippen molar-refractivity contribution in [3.05, 3.63) is 11.1 Å². The molecule has 2 rings (SSSR count). The zero-order valence-corrected chi connectivity index (χ0v) is 12.6. The molecule has 2 atom stereocenters. The highest BCUT2D eigenvalue weighted by molar-refractivity contribution is 6.28. The smallest absolute Gasteiger partial charge is 0.290 e. The van der Waals surface area contributed by atoms with Crippen LogP contribution in [0.4, 0.5) is 0 Å². The van der Waals surface area contributed by atoms with Crippen molar-refractivity contribution in [2.45, 2.75) is 25.4 Å². The number of hydrogen-bond donors (Lipinski definition) is 4. The van der Waals surface area contributed by atoms with E-state index in [4.69, 9.17) is 26.6 Å². The standard InChI is InChI=1S/C11H17ClN4O3.CH2O2/c12-11-13-9(14-15-11)1-2-10(19)16-4-3-7(6-17)8(18)5-16;2-1-3/h7-8,17-18H,1-6H2,(H,13,14,15);1H,(H,2,3)/t7-,8-;/m1./s1. The molecule has 1 fully saturated rings. The van der Waals surface area contributed by atoms with Crippen LogP contribution in [-0.4, -0.2) is 73.6 Å². The molecule has 10 heteroatoms. The van der Waals surface area contributed by atoms with E-state index in [0.717, 1.165) is 0 Å². The molecule has 0 saturated carbocycles. The lowest BCUT2D eigenvalue weighted by Crippen LogP contribution is -2.47. The zero-order valence-electron chi connectivity index (χ0n) is 11.9. The van der Waals surface area contributed by atoms with Gasteiger partial charge in [-0.2, -0.15) is 0 Å². The monoisotopic (exact) mass is 334 g/mol. The Morgan fingerprint density at radius 1 is 1.55 bits per heavy atom. The number of aryl methyl sites for hydroxylation is 1. The quantitative estimate of drug-likeness (QED) is 0.533. The van der Waals surface area contributed by atoms with Crippen LogP contribution in [0, 0.1) is 5.92 Å². The number of carbonyl (C=O) groups excluding carboxylic acids is 1. The van der Waals surface area contributed by atoms with Gasteiger partial charge >= 0.3 is 0 Å². The molecule has 0 unspecified atom stereocenters. The van der Waals surface area contributed by atoms with Gasteiger partial charge in [0.15, 0.2) is 0 Å². The van der Waals surface area contributed by atoms with E-state index in [1.54, 1.807) is 4.90 Å². The van der Waals surface area contributed by atoms with Gasteiger partial charge in [-0.1, -0.05) is 0 Å². The number of halogens is 1. The van der Waals surface area contributed by atoms with Gasteiger partial charge in [0.25, 0.3) is 6.47 Å². The second-order valence-electron chi connectivity index (χ2n) is 4.79. The number of H-pyrrole nitrogens is 1. The Labute approximate surface area is 131 Å². The number of β-amino-alcohol motifs (C(OH)–C–C–N with tert-alkyl or cyclic N) is 1. The van der Waals surface area contributed by atoms with E-state index in [1.807, 2.05) is 0 Å². The van der Waals surface area contributed by atoms with Crippen molar-refractivity contribution < 1.29 is 24.9 Å². The van der Waals surface area contributed by atoms with E-state index in [2.05, 4.69) is 15.2 Å². The summed E-state index contributed by atoms with van der Waals surface area (Å²) in [5, 5.41) is 32.2. The molecule has 1 saturated heterocycles. The van der Waals surface area contributed by atoms with E-state index >= 15 is 0 Å². The molecule has 1 aliphatic rings. The van der Waals surface area contributed by atoms with Crippen LogP contribution in [0.5, 0.6) is 0 Å². The Bertz CT molecular complexity index is 484. The lowest BCUT2D eigenvalue weighted by Gasteiger charge is -2.35. The van der Waals surface area contributed by atoms with E-state index < -0.39 is 6.10 Å². The van der Waals surface area contributed by atoms with Crippen LogP contribution in [0.2, 0.25) is 5.28 Å². The summed E-state index contributed by atoms with van der Waals surface area (Å²) in [5.41, 5.74) is 0. The highest BCUT2D eigenvalue weighted by Gasteiger charge is 2.29. The summed E-state index contributed by atoms with van der Waals surface area (Å²) in [5.74, 6) is 0.407. The molecule has 124 valence electrons. The molecule has 0 bridgehead atoms. The maximum atomic E-state index is 12.0. The first-order chi connectivity index (χ1) is 10.5. The number of piperidine rings is 1. The Morgan fingerprint density at radius 3 is 2.73 bits per heavy atom. The third-order valence-corrected chi connectivity index (χ3v) is 3.56. The normalized spacial score (nSPS) is 21.0. The number of carbonyl (C=O) groups is 2. The third kappa shape index (κ3) is 5.58. The minimum atomic E-state index is -0.651. The SMILES string of the molecule is O=C(CCc1nc(Cl)n[nH]1)N1CC[C@H](CO)[C@H](O)C1.O=CO. The number of amides is 1. The number of likely N-dealkylation sites (tertiary alicyclic amines) is 1. The van der Waals surface area contributed by atoms with E-state index in [1.165, 1.54) is 0 Å². The summed E-state index contributed by atoms with van der Waals surface area (Å²) in [7, 11) is 0. The Kier molecular flexibility index (Phi) is 7.78. The zero-order chi connectivity index (χ0) is 16.5. The Balaban J connectivity index is 0.000000745. The second kappa shape index (κ2) is 9.34. The molecule has 22 heavy (non-hydrogen) atoms. The van der Waals surface area contributed by atoms with Crippen LogP contribution in [0.1, 0.15) is 18.7 Å². The van der Waals surface area contributed by atoms with Crippen LogP contribution in [0.15, 0.2) is 0 Å². The van der Waals surface area contributed by atoms with Crippen LogP contribution in [0.25, 0.3) is 0 Å². The van der Waals surface area contributed by atoms with Gasteiger partial charge in [-0.3, -0.25) is 14.7 Å². The second-order valence-corrected chi connectivity index (χ2v) is 5.13. The molecule has 2 heterocycles. The summed E-state index contributed by atoms with van der Waals surface area (Å²) < 4.78 is 0.